The topological polar surface area (TPSA) is 256 Å². The van der Waals surface area contributed by atoms with Crippen LogP contribution in [0.4, 0.5) is 0 Å². The van der Waals surface area contributed by atoms with Crippen molar-refractivity contribution < 1.29 is 88.3 Å². The molecule has 18 nitrogen and oxygen atoms in total. The predicted molar refractivity (Wildman–Crippen MR) is 143 cm³/mol. The maximum Gasteiger partial charge on any atom is 0.187 e. The summed E-state index contributed by atoms with van der Waals surface area (Å²) < 4.78 is 44.7. The third-order valence-corrected chi connectivity index (χ3v) is 7.72. The summed E-state index contributed by atoms with van der Waals surface area (Å²) in [6.07, 6.45) is -23.3. The molecule has 0 saturated carbocycles. The van der Waals surface area contributed by atoms with Crippen molar-refractivity contribution in [3.8, 4) is 0 Å². The highest BCUT2D eigenvalue weighted by atomic mass is 16.8. The molecule has 3 rings (SSSR count). The minimum absolute atomic E-state index is 0.151. The van der Waals surface area contributed by atoms with Gasteiger partial charge in [-0.15, -0.1) is 0 Å². The average molecular weight is 649 g/mol. The van der Waals surface area contributed by atoms with Gasteiger partial charge >= 0.3 is 0 Å². The summed E-state index contributed by atoms with van der Waals surface area (Å²) in [4.78, 5) is 0. The Labute approximate surface area is 255 Å². The van der Waals surface area contributed by atoms with Crippen molar-refractivity contribution in [2.24, 2.45) is 0 Å². The molecule has 3 fully saturated rings. The van der Waals surface area contributed by atoms with E-state index in [0.29, 0.717) is 11.0 Å². The van der Waals surface area contributed by atoms with Gasteiger partial charge in [-0.2, -0.15) is 0 Å². The Morgan fingerprint density at radius 2 is 1.05 bits per heavy atom. The highest BCUT2D eigenvalue weighted by Crippen LogP contribution is 2.33. The number of nitrogens with zero attached hydrogens (tertiary/aromatic N) is 1. The Hall–Kier alpha value is -0.720. The van der Waals surface area contributed by atoms with Gasteiger partial charge in [0.05, 0.1) is 47.6 Å². The molecule has 0 bridgehead atoms. The number of rotatable bonds is 14. The number of hydrogen-bond acceptors (Lipinski definition) is 17. The molecule has 3 saturated heterocycles. The van der Waals surface area contributed by atoms with Gasteiger partial charge in [0.1, 0.15) is 85.9 Å². The lowest BCUT2D eigenvalue weighted by Crippen LogP contribution is -2.66. The first-order valence-corrected chi connectivity index (χ1v) is 14.4. The largest absolute Gasteiger partial charge is 0.394 e. The third-order valence-electron chi connectivity index (χ3n) is 7.72. The normalized spacial score (nSPS) is 44.5. The standard InChI is InChI=1S/C26H50NO17/c1-27(2,3)6-11(30)9-39-10-14-23(44-25-19(35)15(31)21(37-4)12(7-28)41-25)17(33)20(36)26(42-14)43-22-13(8-29)40-24(38-5)18(34)16(22)32/h11-26,28-36H,6-10H2,1-5H3/q+1/t11?,12?,13?,14?,15-,16-,17-,18?,19?,20?,21-,22-,23-,24+,25-,26-/m1/s1. The third kappa shape index (κ3) is 9.00. The van der Waals surface area contributed by atoms with Gasteiger partial charge < -0.3 is 88.3 Å². The number of hydrogen-bond donors (Lipinski definition) is 9. The fraction of sp³-hybridized carbons (Fsp3) is 1.00. The monoisotopic (exact) mass is 648 g/mol. The average Bonchev–Trinajstić information content (AvgIpc) is 2.96. The molecular formula is C26H50NO17+. The van der Waals surface area contributed by atoms with E-state index in [1.807, 2.05) is 21.1 Å². The molecule has 260 valence electrons. The van der Waals surface area contributed by atoms with Gasteiger partial charge in [-0.3, -0.25) is 0 Å². The van der Waals surface area contributed by atoms with Gasteiger partial charge in [0.25, 0.3) is 0 Å². The maximum absolute atomic E-state index is 11.2. The van der Waals surface area contributed by atoms with E-state index in [2.05, 4.69) is 0 Å². The van der Waals surface area contributed by atoms with Crippen LogP contribution >= 0.6 is 0 Å². The van der Waals surface area contributed by atoms with Crippen molar-refractivity contribution in [1.29, 1.82) is 0 Å². The summed E-state index contributed by atoms with van der Waals surface area (Å²) >= 11 is 0. The van der Waals surface area contributed by atoms with Crippen LogP contribution in [0.2, 0.25) is 0 Å². The van der Waals surface area contributed by atoms with Crippen LogP contribution < -0.4 is 0 Å². The summed E-state index contributed by atoms with van der Waals surface area (Å²) in [5.74, 6) is 0. The van der Waals surface area contributed by atoms with E-state index in [4.69, 9.17) is 37.9 Å². The highest BCUT2D eigenvalue weighted by molar-refractivity contribution is 4.96. The van der Waals surface area contributed by atoms with Crippen molar-refractivity contribution in [3.05, 3.63) is 0 Å². The number of aliphatic hydroxyl groups excluding tert-OH is 9. The molecule has 0 aliphatic carbocycles. The van der Waals surface area contributed by atoms with E-state index in [-0.39, 0.29) is 13.2 Å². The number of methoxy groups -OCH3 is 2. The fourth-order valence-electron chi connectivity index (χ4n) is 5.51. The van der Waals surface area contributed by atoms with Gasteiger partial charge in [-0.1, -0.05) is 0 Å². The number of likely N-dealkylation sites (N-methyl/N-ethyl adjacent to an activating group) is 1. The summed E-state index contributed by atoms with van der Waals surface area (Å²) in [5.41, 5.74) is 0. The van der Waals surface area contributed by atoms with Gasteiger partial charge in [-0.05, 0) is 0 Å². The van der Waals surface area contributed by atoms with E-state index in [1.165, 1.54) is 14.2 Å². The van der Waals surface area contributed by atoms with Crippen LogP contribution in [0.25, 0.3) is 0 Å². The molecule has 3 aliphatic heterocycles. The van der Waals surface area contributed by atoms with E-state index in [0.717, 1.165) is 0 Å². The molecule has 0 aromatic carbocycles. The molecule has 3 heterocycles. The lowest BCUT2D eigenvalue weighted by atomic mass is 9.96. The molecule has 0 amide bonds. The second-order valence-electron chi connectivity index (χ2n) is 12.2. The summed E-state index contributed by atoms with van der Waals surface area (Å²) in [7, 11) is 8.12. The van der Waals surface area contributed by atoms with Crippen LogP contribution in [0.3, 0.4) is 0 Å². The molecule has 3 aliphatic rings. The Morgan fingerprint density at radius 3 is 1.52 bits per heavy atom. The number of quaternary nitrogens is 1. The van der Waals surface area contributed by atoms with Crippen molar-refractivity contribution in [2.45, 2.75) is 98.2 Å². The molecule has 9 N–H and O–H groups in total. The molecular weight excluding hydrogens is 598 g/mol. The lowest BCUT2D eigenvalue weighted by Gasteiger charge is -2.48. The first-order valence-electron chi connectivity index (χ1n) is 14.4. The van der Waals surface area contributed by atoms with E-state index in [9.17, 15) is 46.0 Å². The molecule has 0 aromatic heterocycles. The zero-order valence-corrected chi connectivity index (χ0v) is 25.5. The molecule has 0 spiro atoms. The van der Waals surface area contributed by atoms with Gasteiger partial charge in [0.15, 0.2) is 18.9 Å². The van der Waals surface area contributed by atoms with Gasteiger partial charge in [0.2, 0.25) is 0 Å². The summed E-state index contributed by atoms with van der Waals surface area (Å²) in [5, 5.41) is 94.3. The second-order valence-corrected chi connectivity index (χ2v) is 12.2. The highest BCUT2D eigenvalue weighted by Gasteiger charge is 2.53. The molecule has 0 aromatic rings. The minimum Gasteiger partial charge on any atom is -0.394 e. The minimum atomic E-state index is -1.87. The zero-order chi connectivity index (χ0) is 32.9. The van der Waals surface area contributed by atoms with E-state index < -0.39 is 111 Å². The fourth-order valence-corrected chi connectivity index (χ4v) is 5.51. The number of aliphatic hydroxyl groups is 9. The predicted octanol–water partition coefficient (Wildman–Crippen LogP) is -6.17. The second kappa shape index (κ2) is 16.4. The van der Waals surface area contributed by atoms with Crippen molar-refractivity contribution in [2.75, 3.05) is 68.3 Å². The van der Waals surface area contributed by atoms with Crippen molar-refractivity contribution in [1.82, 2.24) is 0 Å². The Morgan fingerprint density at radius 1 is 0.614 bits per heavy atom. The van der Waals surface area contributed by atoms with E-state index >= 15 is 0 Å². The van der Waals surface area contributed by atoms with Crippen LogP contribution in [0.5, 0.6) is 0 Å². The quantitative estimate of drug-likeness (QED) is 0.0794. The van der Waals surface area contributed by atoms with Crippen LogP contribution in [-0.4, -0.2) is 217 Å². The lowest BCUT2D eigenvalue weighted by molar-refractivity contribution is -0.873. The maximum atomic E-state index is 11.2. The Bertz CT molecular complexity index is 848. The van der Waals surface area contributed by atoms with Crippen molar-refractivity contribution in [3.63, 3.8) is 0 Å². The van der Waals surface area contributed by atoms with Crippen LogP contribution in [0.15, 0.2) is 0 Å². The Balaban J connectivity index is 1.80. The molecule has 16 atom stereocenters. The number of ether oxygens (including phenoxy) is 8. The van der Waals surface area contributed by atoms with Crippen molar-refractivity contribution >= 4 is 0 Å². The van der Waals surface area contributed by atoms with Gasteiger partial charge in [-0.25, -0.2) is 0 Å². The SMILES string of the molecule is CO[C@H]1OC(CO)[C@@H](O[C@H]2OC(COCC(O)C[N+](C)(C)C)[C@@H](O[C@H]3OC(CO)[C@@H](OC)[C@H](O)C3O)[C@H](O)C2O)[C@H](O)C1O. The summed E-state index contributed by atoms with van der Waals surface area (Å²) in [6, 6.07) is 0. The Kier molecular flexibility index (Phi) is 14.1. The molecule has 18 heteroatoms. The molecule has 44 heavy (non-hydrogen) atoms. The summed E-state index contributed by atoms with van der Waals surface area (Å²) in [6.45, 7) is -1.43. The molecule has 0 radical (unpaired) electrons. The van der Waals surface area contributed by atoms with Crippen LogP contribution in [0, 0.1) is 0 Å². The smallest absolute Gasteiger partial charge is 0.187 e. The first kappa shape index (κ1) is 37.7. The van der Waals surface area contributed by atoms with E-state index in [1.54, 1.807) is 0 Å². The zero-order valence-electron chi connectivity index (χ0n) is 25.5. The van der Waals surface area contributed by atoms with Crippen LogP contribution in [0.1, 0.15) is 0 Å². The molecule has 7 unspecified atom stereocenters. The van der Waals surface area contributed by atoms with Crippen LogP contribution in [-0.2, 0) is 37.9 Å². The van der Waals surface area contributed by atoms with Gasteiger partial charge in [0, 0.05) is 14.2 Å². The first-order chi connectivity index (χ1) is 20.7.